The summed E-state index contributed by atoms with van der Waals surface area (Å²) < 4.78 is 44.3. The molecule has 0 atom stereocenters. The van der Waals surface area contributed by atoms with Crippen LogP contribution in [0.15, 0.2) is 35.2 Å². The van der Waals surface area contributed by atoms with Crippen molar-refractivity contribution in [2.75, 3.05) is 51.8 Å². The Hall–Kier alpha value is -2.89. The maximum Gasteiger partial charge on any atom is 0.290 e. The van der Waals surface area contributed by atoms with Gasteiger partial charge in [0.25, 0.3) is 16.5 Å². The van der Waals surface area contributed by atoms with Crippen molar-refractivity contribution >= 4 is 22.2 Å². The standard InChI is InChI=1S/C21H29N3O5S.CH2O2/c1-4-29-17-5-7-18(8-6-17)30(25,26)23-20-15-16-9-11-24(13-14-27-2)12-10-19(16)22-21(20)28-3;2-1-3/h5-8,15,23H,4,9-14H2,1-3H3;1H,(H,2,3). The van der Waals surface area contributed by atoms with Crippen LogP contribution in [0.1, 0.15) is 18.2 Å². The Labute approximate surface area is 194 Å². The first-order chi connectivity index (χ1) is 15.9. The molecule has 11 heteroatoms. The van der Waals surface area contributed by atoms with Crippen LogP contribution in [0.3, 0.4) is 0 Å². The van der Waals surface area contributed by atoms with Crippen molar-refractivity contribution in [1.29, 1.82) is 0 Å². The van der Waals surface area contributed by atoms with Gasteiger partial charge in [-0.25, -0.2) is 13.4 Å². The third kappa shape index (κ3) is 7.58. The van der Waals surface area contributed by atoms with Crippen molar-refractivity contribution in [2.24, 2.45) is 0 Å². The van der Waals surface area contributed by atoms with Crippen molar-refractivity contribution < 1.29 is 32.5 Å². The first-order valence-electron chi connectivity index (χ1n) is 10.5. The molecule has 0 aliphatic carbocycles. The van der Waals surface area contributed by atoms with E-state index < -0.39 is 10.0 Å². The van der Waals surface area contributed by atoms with Crippen molar-refractivity contribution in [2.45, 2.75) is 24.7 Å². The minimum Gasteiger partial charge on any atom is -0.494 e. The molecular weight excluding hydrogens is 450 g/mol. The second-order valence-electron chi connectivity index (χ2n) is 7.10. The van der Waals surface area contributed by atoms with Crippen LogP contribution in [-0.2, 0) is 32.4 Å². The molecule has 0 bridgehead atoms. The van der Waals surface area contributed by atoms with E-state index in [2.05, 4.69) is 14.6 Å². The second kappa shape index (κ2) is 13.0. The highest BCUT2D eigenvalue weighted by Crippen LogP contribution is 2.29. The molecule has 0 saturated carbocycles. The number of aromatic nitrogens is 1. The minimum atomic E-state index is -3.79. The van der Waals surface area contributed by atoms with E-state index in [1.165, 1.54) is 19.2 Å². The Morgan fingerprint density at radius 3 is 2.45 bits per heavy atom. The number of carbonyl (C=O) groups is 1. The summed E-state index contributed by atoms with van der Waals surface area (Å²) in [5, 5.41) is 6.89. The van der Waals surface area contributed by atoms with Gasteiger partial charge in [0.15, 0.2) is 0 Å². The second-order valence-corrected chi connectivity index (χ2v) is 8.78. The Morgan fingerprint density at radius 2 is 1.85 bits per heavy atom. The number of pyridine rings is 1. The van der Waals surface area contributed by atoms with Crippen molar-refractivity contribution in [3.05, 3.63) is 41.6 Å². The third-order valence-electron chi connectivity index (χ3n) is 5.01. The van der Waals surface area contributed by atoms with Gasteiger partial charge in [0, 0.05) is 38.9 Å². The minimum absolute atomic E-state index is 0.147. The predicted octanol–water partition coefficient (Wildman–Crippen LogP) is 2.04. The molecule has 0 amide bonds. The summed E-state index contributed by atoms with van der Waals surface area (Å²) in [6.07, 6.45) is 1.56. The topological polar surface area (TPSA) is 127 Å². The predicted molar refractivity (Wildman–Crippen MR) is 124 cm³/mol. The number of nitrogens with one attached hydrogen (secondary N) is 1. The van der Waals surface area contributed by atoms with Gasteiger partial charge in [-0.1, -0.05) is 0 Å². The first kappa shape index (κ1) is 26.4. The molecular formula is C22H31N3O7S. The lowest BCUT2D eigenvalue weighted by atomic mass is 10.1. The maximum atomic E-state index is 12.9. The highest BCUT2D eigenvalue weighted by Gasteiger charge is 2.22. The number of fused-ring (bicyclic) bond motifs is 1. The van der Waals surface area contributed by atoms with Crippen molar-refractivity contribution in [3.8, 4) is 11.6 Å². The molecule has 1 aromatic heterocycles. The number of ether oxygens (including phenoxy) is 3. The van der Waals surface area contributed by atoms with Crippen LogP contribution in [0.5, 0.6) is 11.6 Å². The van der Waals surface area contributed by atoms with E-state index in [0.717, 1.165) is 43.7 Å². The normalized spacial score (nSPS) is 13.7. The van der Waals surface area contributed by atoms with Crippen molar-refractivity contribution in [1.82, 2.24) is 9.88 Å². The summed E-state index contributed by atoms with van der Waals surface area (Å²) in [5.41, 5.74) is 2.31. The molecule has 3 rings (SSSR count). The fourth-order valence-electron chi connectivity index (χ4n) is 3.42. The highest BCUT2D eigenvalue weighted by atomic mass is 32.2. The van der Waals surface area contributed by atoms with Crippen LogP contribution in [0, 0.1) is 0 Å². The number of rotatable bonds is 9. The average molecular weight is 482 g/mol. The molecule has 182 valence electrons. The Bertz CT molecular complexity index is 998. The van der Waals surface area contributed by atoms with E-state index in [4.69, 9.17) is 24.1 Å². The lowest BCUT2D eigenvalue weighted by molar-refractivity contribution is -0.122. The fraction of sp³-hybridized carbons (Fsp3) is 0.455. The van der Waals surface area contributed by atoms with E-state index >= 15 is 0 Å². The molecule has 0 saturated heterocycles. The van der Waals surface area contributed by atoms with E-state index in [1.54, 1.807) is 19.2 Å². The van der Waals surface area contributed by atoms with Gasteiger partial charge in [0.1, 0.15) is 11.4 Å². The van der Waals surface area contributed by atoms with E-state index in [1.807, 2.05) is 13.0 Å². The lowest BCUT2D eigenvalue weighted by Gasteiger charge is -2.18. The molecule has 1 aliphatic rings. The summed E-state index contributed by atoms with van der Waals surface area (Å²) >= 11 is 0. The van der Waals surface area contributed by atoms with Crippen LogP contribution < -0.4 is 14.2 Å². The zero-order valence-corrected chi connectivity index (χ0v) is 19.9. The van der Waals surface area contributed by atoms with Crippen LogP contribution >= 0.6 is 0 Å². The summed E-state index contributed by atoms with van der Waals surface area (Å²) in [6, 6.07) is 8.15. The molecule has 10 nitrogen and oxygen atoms in total. The third-order valence-corrected chi connectivity index (χ3v) is 6.39. The van der Waals surface area contributed by atoms with Crippen LogP contribution in [-0.4, -0.2) is 76.9 Å². The quantitative estimate of drug-likeness (QED) is 0.517. The van der Waals surface area contributed by atoms with Gasteiger partial charge in [-0.3, -0.25) is 9.52 Å². The van der Waals surface area contributed by atoms with Gasteiger partial charge in [-0.15, -0.1) is 0 Å². The fourth-order valence-corrected chi connectivity index (χ4v) is 4.47. The Balaban J connectivity index is 0.00000122. The average Bonchev–Trinajstić information content (AvgIpc) is 3.00. The van der Waals surface area contributed by atoms with E-state index in [0.29, 0.717) is 24.7 Å². The number of benzene rings is 1. The van der Waals surface area contributed by atoms with Gasteiger partial charge in [0.2, 0.25) is 5.88 Å². The van der Waals surface area contributed by atoms with E-state index in [9.17, 15) is 8.42 Å². The summed E-state index contributed by atoms with van der Waals surface area (Å²) in [6.45, 7) is 5.43. The van der Waals surface area contributed by atoms with Gasteiger partial charge >= 0.3 is 0 Å². The molecule has 0 unspecified atom stereocenters. The SMILES string of the molecule is CCOc1ccc(S(=O)(=O)Nc2cc3c(nc2OC)CCN(CCOC)CC3)cc1.O=CO. The molecule has 2 aromatic rings. The van der Waals surface area contributed by atoms with Gasteiger partial charge in [-0.05, 0) is 49.2 Å². The molecule has 0 radical (unpaired) electrons. The van der Waals surface area contributed by atoms with Gasteiger partial charge < -0.3 is 24.2 Å². The molecule has 2 heterocycles. The van der Waals surface area contributed by atoms with E-state index in [-0.39, 0.29) is 17.2 Å². The summed E-state index contributed by atoms with van der Waals surface area (Å²) in [4.78, 5) is 15.4. The summed E-state index contributed by atoms with van der Waals surface area (Å²) in [7, 11) is -0.601. The zero-order valence-electron chi connectivity index (χ0n) is 19.1. The maximum absolute atomic E-state index is 12.9. The Morgan fingerprint density at radius 1 is 1.18 bits per heavy atom. The zero-order chi connectivity index (χ0) is 24.3. The monoisotopic (exact) mass is 481 g/mol. The number of anilines is 1. The number of hydrogen-bond acceptors (Lipinski definition) is 8. The van der Waals surface area contributed by atoms with Gasteiger partial charge in [-0.2, -0.15) is 0 Å². The van der Waals surface area contributed by atoms with Crippen LogP contribution in [0.4, 0.5) is 5.69 Å². The van der Waals surface area contributed by atoms with Crippen molar-refractivity contribution in [3.63, 3.8) is 0 Å². The molecule has 0 spiro atoms. The number of carboxylic acid groups (broad SMARTS) is 1. The molecule has 1 aromatic carbocycles. The number of hydrogen-bond donors (Lipinski definition) is 2. The van der Waals surface area contributed by atoms with Crippen LogP contribution in [0.25, 0.3) is 0 Å². The number of methoxy groups -OCH3 is 2. The largest absolute Gasteiger partial charge is 0.494 e. The first-order valence-corrected chi connectivity index (χ1v) is 12.0. The molecule has 33 heavy (non-hydrogen) atoms. The van der Waals surface area contributed by atoms with Crippen LogP contribution in [0.2, 0.25) is 0 Å². The summed E-state index contributed by atoms with van der Waals surface area (Å²) in [5.74, 6) is 0.896. The number of nitrogens with zero attached hydrogens (tertiary/aromatic N) is 2. The molecule has 1 aliphatic heterocycles. The van der Waals surface area contributed by atoms with Gasteiger partial charge in [0.05, 0.1) is 25.2 Å². The number of sulfonamides is 1. The Kier molecular flexibility index (Phi) is 10.4. The lowest BCUT2D eigenvalue weighted by Crippen LogP contribution is -2.29. The highest BCUT2D eigenvalue weighted by molar-refractivity contribution is 7.92. The molecule has 2 N–H and O–H groups in total. The smallest absolute Gasteiger partial charge is 0.290 e. The molecule has 0 fully saturated rings.